The zero-order chi connectivity index (χ0) is 18.5. The van der Waals surface area contributed by atoms with Crippen LogP contribution >= 0.6 is 0 Å². The second kappa shape index (κ2) is 7.97. The van der Waals surface area contributed by atoms with Crippen LogP contribution in [0.5, 0.6) is 0 Å². The van der Waals surface area contributed by atoms with Crippen LogP contribution in [0.15, 0.2) is 54.6 Å². The van der Waals surface area contributed by atoms with Crippen LogP contribution in [0.4, 0.5) is 17.5 Å². The Morgan fingerprint density at radius 1 is 0.962 bits per heavy atom. The Hall–Kier alpha value is -2.92. The Kier molecular flexibility index (Phi) is 5.49. The molecule has 0 saturated heterocycles. The zero-order valence-electron chi connectivity index (χ0n) is 15.3. The zero-order valence-corrected chi connectivity index (χ0v) is 15.3. The largest absolute Gasteiger partial charge is 0.394 e. The Morgan fingerprint density at radius 3 is 2.31 bits per heavy atom. The van der Waals surface area contributed by atoms with Gasteiger partial charge in [0, 0.05) is 23.4 Å². The molecule has 3 aromatic rings. The monoisotopic (exact) mass is 348 g/mol. The van der Waals surface area contributed by atoms with Crippen LogP contribution in [0.3, 0.4) is 0 Å². The summed E-state index contributed by atoms with van der Waals surface area (Å²) in [5, 5.41) is 15.9. The molecule has 0 fully saturated rings. The molecule has 0 spiro atoms. The van der Waals surface area contributed by atoms with E-state index >= 15 is 0 Å². The summed E-state index contributed by atoms with van der Waals surface area (Å²) in [6.07, 6.45) is 0. The molecular weight excluding hydrogens is 324 g/mol. The number of nitrogens with zero attached hydrogens (tertiary/aromatic N) is 2. The molecule has 5 nitrogen and oxygen atoms in total. The summed E-state index contributed by atoms with van der Waals surface area (Å²) in [7, 11) is 0. The molecule has 0 amide bonds. The van der Waals surface area contributed by atoms with E-state index in [-0.39, 0.29) is 12.6 Å². The SMILES string of the molecule is Cc1cccc(C)c1Nc1cc(-c2ccccc2)nc(N[C@@H](C)CO)n1. The number of aliphatic hydroxyl groups excluding tert-OH is 1. The number of anilines is 3. The van der Waals surface area contributed by atoms with Crippen LogP contribution in [0.2, 0.25) is 0 Å². The van der Waals surface area contributed by atoms with Gasteiger partial charge < -0.3 is 15.7 Å². The van der Waals surface area contributed by atoms with Crippen molar-refractivity contribution in [3.8, 4) is 11.3 Å². The van der Waals surface area contributed by atoms with Crippen molar-refractivity contribution in [2.24, 2.45) is 0 Å². The minimum atomic E-state index is -0.130. The van der Waals surface area contributed by atoms with Gasteiger partial charge in [-0.3, -0.25) is 0 Å². The number of benzene rings is 2. The summed E-state index contributed by atoms with van der Waals surface area (Å²) >= 11 is 0. The Bertz CT molecular complexity index is 860. The van der Waals surface area contributed by atoms with E-state index in [1.165, 1.54) is 0 Å². The van der Waals surface area contributed by atoms with E-state index in [4.69, 9.17) is 0 Å². The fraction of sp³-hybridized carbons (Fsp3) is 0.238. The first-order chi connectivity index (χ1) is 12.6. The number of aryl methyl sites for hydroxylation is 2. The summed E-state index contributed by atoms with van der Waals surface area (Å²) in [5.41, 5.74) is 5.19. The highest BCUT2D eigenvalue weighted by Gasteiger charge is 2.11. The quantitative estimate of drug-likeness (QED) is 0.620. The van der Waals surface area contributed by atoms with E-state index in [1.54, 1.807) is 0 Å². The molecule has 2 aromatic carbocycles. The molecule has 5 heteroatoms. The first kappa shape index (κ1) is 17.9. The molecule has 0 aliphatic carbocycles. The van der Waals surface area contributed by atoms with Gasteiger partial charge in [0.1, 0.15) is 5.82 Å². The maximum Gasteiger partial charge on any atom is 0.225 e. The molecular formula is C21H24N4O. The molecule has 0 aliphatic rings. The predicted molar refractivity (Wildman–Crippen MR) is 107 cm³/mol. The van der Waals surface area contributed by atoms with Crippen LogP contribution < -0.4 is 10.6 Å². The summed E-state index contributed by atoms with van der Waals surface area (Å²) in [5.74, 6) is 1.20. The summed E-state index contributed by atoms with van der Waals surface area (Å²) in [4.78, 5) is 9.18. The lowest BCUT2D eigenvalue weighted by Gasteiger charge is -2.16. The maximum absolute atomic E-state index is 9.33. The number of aromatic nitrogens is 2. The molecule has 134 valence electrons. The van der Waals surface area contributed by atoms with Gasteiger partial charge in [-0.15, -0.1) is 0 Å². The third-order valence-corrected chi connectivity index (χ3v) is 4.18. The number of hydrogen-bond acceptors (Lipinski definition) is 5. The van der Waals surface area contributed by atoms with Gasteiger partial charge in [-0.05, 0) is 31.9 Å². The Morgan fingerprint density at radius 2 is 1.65 bits per heavy atom. The highest BCUT2D eigenvalue weighted by atomic mass is 16.3. The Balaban J connectivity index is 2.02. The summed E-state index contributed by atoms with van der Waals surface area (Å²) in [6, 6.07) is 18.0. The highest BCUT2D eigenvalue weighted by Crippen LogP contribution is 2.27. The second-order valence-electron chi connectivity index (χ2n) is 6.45. The van der Waals surface area contributed by atoms with Crippen LogP contribution in [0.25, 0.3) is 11.3 Å². The highest BCUT2D eigenvalue weighted by molar-refractivity contribution is 5.70. The van der Waals surface area contributed by atoms with E-state index in [0.717, 1.165) is 28.1 Å². The number of aliphatic hydroxyl groups is 1. The standard InChI is InChI=1S/C21H24N4O/c1-14-8-7-9-15(2)20(14)24-19-12-18(17-10-5-4-6-11-17)23-21(25-19)22-16(3)13-26/h4-12,16,26H,13H2,1-3H3,(H2,22,23,24,25)/t16-/m0/s1. The molecule has 0 unspecified atom stereocenters. The van der Waals surface area contributed by atoms with Crippen molar-refractivity contribution < 1.29 is 5.11 Å². The van der Waals surface area contributed by atoms with Crippen LogP contribution in [0, 0.1) is 13.8 Å². The third kappa shape index (κ3) is 4.18. The molecule has 3 rings (SSSR count). The van der Waals surface area contributed by atoms with Crippen molar-refractivity contribution in [2.45, 2.75) is 26.8 Å². The van der Waals surface area contributed by atoms with Gasteiger partial charge in [0.05, 0.1) is 12.3 Å². The van der Waals surface area contributed by atoms with Crippen LogP contribution in [0.1, 0.15) is 18.1 Å². The minimum absolute atomic E-state index is 0.0125. The molecule has 0 aliphatic heterocycles. The van der Waals surface area contributed by atoms with E-state index < -0.39 is 0 Å². The molecule has 0 bridgehead atoms. The molecule has 0 saturated carbocycles. The van der Waals surface area contributed by atoms with Crippen molar-refractivity contribution in [3.05, 3.63) is 65.7 Å². The predicted octanol–water partition coefficient (Wildman–Crippen LogP) is 4.30. The Labute approximate surface area is 154 Å². The van der Waals surface area contributed by atoms with E-state index in [2.05, 4.69) is 46.6 Å². The topological polar surface area (TPSA) is 70.1 Å². The minimum Gasteiger partial charge on any atom is -0.394 e. The van der Waals surface area contributed by atoms with E-state index in [0.29, 0.717) is 11.8 Å². The van der Waals surface area contributed by atoms with Gasteiger partial charge in [0.2, 0.25) is 5.95 Å². The smallest absolute Gasteiger partial charge is 0.225 e. The molecule has 26 heavy (non-hydrogen) atoms. The average molecular weight is 348 g/mol. The van der Waals surface area contributed by atoms with Gasteiger partial charge in [-0.2, -0.15) is 4.98 Å². The first-order valence-corrected chi connectivity index (χ1v) is 8.72. The van der Waals surface area contributed by atoms with Gasteiger partial charge >= 0.3 is 0 Å². The van der Waals surface area contributed by atoms with Crippen molar-refractivity contribution in [2.75, 3.05) is 17.2 Å². The van der Waals surface area contributed by atoms with Crippen LogP contribution in [-0.2, 0) is 0 Å². The van der Waals surface area contributed by atoms with Gasteiger partial charge in [-0.1, -0.05) is 48.5 Å². The third-order valence-electron chi connectivity index (χ3n) is 4.18. The van der Waals surface area contributed by atoms with Crippen molar-refractivity contribution in [1.29, 1.82) is 0 Å². The molecule has 1 atom stereocenters. The van der Waals surface area contributed by atoms with Crippen LogP contribution in [-0.4, -0.2) is 27.7 Å². The average Bonchev–Trinajstić information content (AvgIpc) is 2.65. The number of hydrogen-bond donors (Lipinski definition) is 3. The fourth-order valence-corrected chi connectivity index (χ4v) is 2.74. The lowest BCUT2D eigenvalue weighted by atomic mass is 10.1. The lowest BCUT2D eigenvalue weighted by Crippen LogP contribution is -2.21. The summed E-state index contributed by atoms with van der Waals surface area (Å²) < 4.78 is 0. The lowest BCUT2D eigenvalue weighted by molar-refractivity contribution is 0.281. The fourth-order valence-electron chi connectivity index (χ4n) is 2.74. The van der Waals surface area contributed by atoms with Crippen molar-refractivity contribution in [1.82, 2.24) is 9.97 Å². The first-order valence-electron chi connectivity index (χ1n) is 8.72. The number of para-hydroxylation sites is 1. The molecule has 0 radical (unpaired) electrons. The van der Waals surface area contributed by atoms with Gasteiger partial charge in [0.25, 0.3) is 0 Å². The summed E-state index contributed by atoms with van der Waals surface area (Å²) in [6.45, 7) is 6.04. The molecule has 1 aromatic heterocycles. The maximum atomic E-state index is 9.33. The van der Waals surface area contributed by atoms with Crippen molar-refractivity contribution in [3.63, 3.8) is 0 Å². The van der Waals surface area contributed by atoms with E-state index in [1.807, 2.05) is 49.4 Å². The van der Waals surface area contributed by atoms with Gasteiger partial charge in [0.15, 0.2) is 0 Å². The number of rotatable bonds is 6. The molecule has 1 heterocycles. The second-order valence-corrected chi connectivity index (χ2v) is 6.45. The van der Waals surface area contributed by atoms with E-state index in [9.17, 15) is 5.11 Å². The van der Waals surface area contributed by atoms with Crippen molar-refractivity contribution >= 4 is 17.5 Å². The normalized spacial score (nSPS) is 11.8. The molecule has 3 N–H and O–H groups in total. The number of nitrogens with one attached hydrogen (secondary N) is 2. The van der Waals surface area contributed by atoms with Gasteiger partial charge in [-0.25, -0.2) is 4.98 Å².